The summed E-state index contributed by atoms with van der Waals surface area (Å²) in [5.74, 6) is 0. The average molecular weight is 287 g/mol. The lowest BCUT2D eigenvalue weighted by atomic mass is 9.98. The predicted octanol–water partition coefficient (Wildman–Crippen LogP) is 4.29. The van der Waals surface area contributed by atoms with Crippen LogP contribution in [0.2, 0.25) is 5.02 Å². The molecular formula is C17H19ClN2. The third kappa shape index (κ3) is 2.67. The highest BCUT2D eigenvalue weighted by molar-refractivity contribution is 6.33. The summed E-state index contributed by atoms with van der Waals surface area (Å²) < 4.78 is 0. The van der Waals surface area contributed by atoms with Crippen molar-refractivity contribution in [1.82, 2.24) is 5.32 Å². The summed E-state index contributed by atoms with van der Waals surface area (Å²) in [5.41, 5.74) is 4.98. The lowest BCUT2D eigenvalue weighted by Gasteiger charge is -2.22. The molecule has 1 unspecified atom stereocenters. The van der Waals surface area contributed by atoms with Gasteiger partial charge in [-0.2, -0.15) is 0 Å². The standard InChI is InChI=1S/C17H19ClN2/c1-12-5-4-8-15(18)17(12)20-16-9-10-19-11-13-6-2-3-7-14(13)16/h2-8,16,19-20H,9-11H2,1H3. The van der Waals surface area contributed by atoms with Gasteiger partial charge in [0.05, 0.1) is 16.8 Å². The molecule has 0 bridgehead atoms. The zero-order chi connectivity index (χ0) is 13.9. The van der Waals surface area contributed by atoms with Crippen molar-refractivity contribution in [2.45, 2.75) is 25.9 Å². The fourth-order valence-electron chi connectivity index (χ4n) is 2.80. The Hall–Kier alpha value is -1.51. The Kier molecular flexibility index (Phi) is 3.95. The summed E-state index contributed by atoms with van der Waals surface area (Å²) in [5, 5.41) is 7.91. The van der Waals surface area contributed by atoms with Gasteiger partial charge in [0, 0.05) is 6.54 Å². The van der Waals surface area contributed by atoms with E-state index in [2.05, 4.69) is 47.9 Å². The first kappa shape index (κ1) is 13.5. The molecule has 3 rings (SSSR count). The molecule has 104 valence electrons. The fourth-order valence-corrected chi connectivity index (χ4v) is 3.08. The molecule has 0 radical (unpaired) electrons. The van der Waals surface area contributed by atoms with Crippen molar-refractivity contribution in [2.75, 3.05) is 11.9 Å². The number of benzene rings is 2. The van der Waals surface area contributed by atoms with Crippen molar-refractivity contribution in [3.05, 3.63) is 64.2 Å². The molecule has 0 aliphatic carbocycles. The van der Waals surface area contributed by atoms with Gasteiger partial charge in [0.2, 0.25) is 0 Å². The van der Waals surface area contributed by atoms with Gasteiger partial charge in [-0.25, -0.2) is 0 Å². The van der Waals surface area contributed by atoms with Crippen LogP contribution < -0.4 is 10.6 Å². The monoisotopic (exact) mass is 286 g/mol. The Labute approximate surface area is 125 Å². The van der Waals surface area contributed by atoms with Crippen LogP contribution in [-0.4, -0.2) is 6.54 Å². The molecule has 1 aliphatic rings. The molecule has 2 aromatic rings. The van der Waals surface area contributed by atoms with Crippen molar-refractivity contribution < 1.29 is 0 Å². The highest BCUT2D eigenvalue weighted by Crippen LogP contribution is 2.32. The largest absolute Gasteiger partial charge is 0.377 e. The fraction of sp³-hybridized carbons (Fsp3) is 0.294. The molecule has 2 N–H and O–H groups in total. The Morgan fingerprint density at radius 3 is 2.85 bits per heavy atom. The Bertz CT molecular complexity index is 589. The van der Waals surface area contributed by atoms with E-state index in [-0.39, 0.29) is 0 Å². The second kappa shape index (κ2) is 5.86. The van der Waals surface area contributed by atoms with Gasteiger partial charge in [0.25, 0.3) is 0 Å². The van der Waals surface area contributed by atoms with Crippen LogP contribution in [0.25, 0.3) is 0 Å². The van der Waals surface area contributed by atoms with E-state index >= 15 is 0 Å². The first-order valence-electron chi connectivity index (χ1n) is 7.06. The van der Waals surface area contributed by atoms with E-state index in [9.17, 15) is 0 Å². The quantitative estimate of drug-likeness (QED) is 0.860. The third-order valence-corrected chi connectivity index (χ3v) is 4.21. The van der Waals surface area contributed by atoms with Crippen LogP contribution in [0.15, 0.2) is 42.5 Å². The highest BCUT2D eigenvalue weighted by atomic mass is 35.5. The molecule has 1 aliphatic heterocycles. The predicted molar refractivity (Wildman–Crippen MR) is 85.3 cm³/mol. The van der Waals surface area contributed by atoms with Crippen molar-refractivity contribution in [1.29, 1.82) is 0 Å². The average Bonchev–Trinajstić information content (AvgIpc) is 2.66. The molecular weight excluding hydrogens is 268 g/mol. The number of nitrogens with one attached hydrogen (secondary N) is 2. The number of aryl methyl sites for hydroxylation is 1. The molecule has 0 amide bonds. The van der Waals surface area contributed by atoms with Gasteiger partial charge in [-0.1, -0.05) is 48.0 Å². The molecule has 0 saturated heterocycles. The highest BCUT2D eigenvalue weighted by Gasteiger charge is 2.19. The number of halogens is 1. The Morgan fingerprint density at radius 1 is 1.15 bits per heavy atom. The zero-order valence-electron chi connectivity index (χ0n) is 11.6. The first-order chi connectivity index (χ1) is 9.75. The summed E-state index contributed by atoms with van der Waals surface area (Å²) in [6, 6.07) is 15.0. The van der Waals surface area contributed by atoms with E-state index in [0.717, 1.165) is 30.2 Å². The SMILES string of the molecule is Cc1cccc(Cl)c1NC1CCNCc2ccccc21. The van der Waals surface area contributed by atoms with Crippen molar-refractivity contribution in [2.24, 2.45) is 0 Å². The molecule has 0 saturated carbocycles. The molecule has 20 heavy (non-hydrogen) atoms. The second-order valence-corrected chi connectivity index (χ2v) is 5.70. The number of fused-ring (bicyclic) bond motifs is 1. The lowest BCUT2D eigenvalue weighted by Crippen LogP contribution is -2.15. The number of para-hydroxylation sites is 1. The summed E-state index contributed by atoms with van der Waals surface area (Å²) in [7, 11) is 0. The van der Waals surface area contributed by atoms with E-state index < -0.39 is 0 Å². The lowest BCUT2D eigenvalue weighted by molar-refractivity contribution is 0.637. The van der Waals surface area contributed by atoms with Gasteiger partial charge < -0.3 is 10.6 Å². The van der Waals surface area contributed by atoms with Crippen LogP contribution in [0.5, 0.6) is 0 Å². The molecule has 2 aromatic carbocycles. The summed E-state index contributed by atoms with van der Waals surface area (Å²) in [4.78, 5) is 0. The van der Waals surface area contributed by atoms with Gasteiger partial charge in [-0.15, -0.1) is 0 Å². The smallest absolute Gasteiger partial charge is 0.0640 e. The number of anilines is 1. The Morgan fingerprint density at radius 2 is 2.00 bits per heavy atom. The first-order valence-corrected chi connectivity index (χ1v) is 7.43. The topological polar surface area (TPSA) is 24.1 Å². The second-order valence-electron chi connectivity index (χ2n) is 5.29. The van der Waals surface area contributed by atoms with Crippen LogP contribution in [-0.2, 0) is 6.54 Å². The van der Waals surface area contributed by atoms with Gasteiger partial charge >= 0.3 is 0 Å². The number of hydrogen-bond acceptors (Lipinski definition) is 2. The summed E-state index contributed by atoms with van der Waals surface area (Å²) >= 11 is 6.34. The number of hydrogen-bond donors (Lipinski definition) is 2. The molecule has 1 atom stereocenters. The molecule has 3 heteroatoms. The normalized spacial score (nSPS) is 18.2. The van der Waals surface area contributed by atoms with Gasteiger partial charge in [-0.05, 0) is 42.6 Å². The van der Waals surface area contributed by atoms with E-state index in [1.54, 1.807) is 0 Å². The van der Waals surface area contributed by atoms with E-state index in [0.29, 0.717) is 6.04 Å². The molecule has 2 nitrogen and oxygen atoms in total. The van der Waals surface area contributed by atoms with Gasteiger partial charge in [0.15, 0.2) is 0 Å². The van der Waals surface area contributed by atoms with Gasteiger partial charge in [0.1, 0.15) is 0 Å². The van der Waals surface area contributed by atoms with Crippen LogP contribution in [0.3, 0.4) is 0 Å². The third-order valence-electron chi connectivity index (χ3n) is 3.90. The van der Waals surface area contributed by atoms with Crippen LogP contribution >= 0.6 is 11.6 Å². The molecule has 1 heterocycles. The van der Waals surface area contributed by atoms with Crippen LogP contribution in [0.1, 0.15) is 29.2 Å². The Balaban J connectivity index is 1.94. The van der Waals surface area contributed by atoms with E-state index in [1.165, 1.54) is 16.7 Å². The maximum absolute atomic E-state index is 6.34. The van der Waals surface area contributed by atoms with Crippen LogP contribution in [0, 0.1) is 6.92 Å². The maximum Gasteiger partial charge on any atom is 0.0640 e. The van der Waals surface area contributed by atoms with Gasteiger partial charge in [-0.3, -0.25) is 0 Å². The van der Waals surface area contributed by atoms with Crippen molar-refractivity contribution >= 4 is 17.3 Å². The van der Waals surface area contributed by atoms with E-state index in [4.69, 9.17) is 11.6 Å². The minimum absolute atomic E-state index is 0.305. The van der Waals surface area contributed by atoms with Crippen molar-refractivity contribution in [3.63, 3.8) is 0 Å². The van der Waals surface area contributed by atoms with Crippen molar-refractivity contribution in [3.8, 4) is 0 Å². The minimum atomic E-state index is 0.305. The molecule has 0 fully saturated rings. The number of rotatable bonds is 2. The minimum Gasteiger partial charge on any atom is -0.377 e. The summed E-state index contributed by atoms with van der Waals surface area (Å²) in [6.07, 6.45) is 1.06. The zero-order valence-corrected chi connectivity index (χ0v) is 12.4. The van der Waals surface area contributed by atoms with Crippen LogP contribution in [0.4, 0.5) is 5.69 Å². The maximum atomic E-state index is 6.34. The van der Waals surface area contributed by atoms with E-state index in [1.807, 2.05) is 12.1 Å². The molecule has 0 spiro atoms. The summed E-state index contributed by atoms with van der Waals surface area (Å²) in [6.45, 7) is 4.04. The molecule has 0 aromatic heterocycles.